The van der Waals surface area contributed by atoms with Gasteiger partial charge in [-0.3, -0.25) is 9.59 Å². The lowest BCUT2D eigenvalue weighted by atomic mass is 9.92. The smallest absolute Gasteiger partial charge is 0.252 e. The van der Waals surface area contributed by atoms with Crippen molar-refractivity contribution in [2.24, 2.45) is 11.8 Å². The molecular formula is C24H30N2O4. The Labute approximate surface area is 178 Å². The summed E-state index contributed by atoms with van der Waals surface area (Å²) >= 11 is 0. The quantitative estimate of drug-likeness (QED) is 0.789. The fourth-order valence-electron chi connectivity index (χ4n) is 3.85. The first-order valence-electron chi connectivity index (χ1n) is 10.3. The van der Waals surface area contributed by atoms with E-state index in [0.29, 0.717) is 29.5 Å². The number of carbonyl (C=O) groups is 2. The number of ether oxygens (including phenoxy) is 2. The van der Waals surface area contributed by atoms with Gasteiger partial charge in [-0.05, 0) is 42.0 Å². The number of methoxy groups -OCH3 is 2. The lowest BCUT2D eigenvalue weighted by Crippen LogP contribution is -2.53. The largest absolute Gasteiger partial charge is 0.497 e. The maximum atomic E-state index is 13.5. The average Bonchev–Trinajstić information content (AvgIpc) is 2.75. The highest BCUT2D eigenvalue weighted by atomic mass is 16.5. The number of hydrogen-bond donors (Lipinski definition) is 1. The van der Waals surface area contributed by atoms with Crippen LogP contribution >= 0.6 is 0 Å². The molecule has 2 atom stereocenters. The van der Waals surface area contributed by atoms with Crippen LogP contribution in [-0.4, -0.2) is 38.6 Å². The van der Waals surface area contributed by atoms with Crippen molar-refractivity contribution in [3.63, 3.8) is 0 Å². The van der Waals surface area contributed by atoms with E-state index in [-0.39, 0.29) is 17.7 Å². The fraction of sp³-hybridized carbons (Fsp3) is 0.417. The number of benzene rings is 2. The summed E-state index contributed by atoms with van der Waals surface area (Å²) in [6, 6.07) is 12.3. The molecule has 0 aliphatic carbocycles. The molecule has 2 aromatic carbocycles. The van der Waals surface area contributed by atoms with Crippen LogP contribution in [0.25, 0.3) is 0 Å². The number of carbonyl (C=O) groups excluding carboxylic acids is 2. The Hall–Kier alpha value is -3.02. The van der Waals surface area contributed by atoms with E-state index in [4.69, 9.17) is 9.47 Å². The van der Waals surface area contributed by atoms with Gasteiger partial charge in [0.1, 0.15) is 17.5 Å². The van der Waals surface area contributed by atoms with Crippen LogP contribution in [0.4, 0.5) is 5.69 Å². The van der Waals surface area contributed by atoms with Crippen molar-refractivity contribution in [2.75, 3.05) is 25.7 Å². The van der Waals surface area contributed by atoms with Crippen LogP contribution in [0.2, 0.25) is 0 Å². The van der Waals surface area contributed by atoms with E-state index in [0.717, 1.165) is 17.7 Å². The van der Waals surface area contributed by atoms with Gasteiger partial charge >= 0.3 is 0 Å². The second kappa shape index (κ2) is 9.20. The van der Waals surface area contributed by atoms with Crippen LogP contribution in [0.3, 0.4) is 0 Å². The van der Waals surface area contributed by atoms with E-state index in [1.54, 1.807) is 18.2 Å². The van der Waals surface area contributed by atoms with Crippen molar-refractivity contribution in [1.82, 2.24) is 5.32 Å². The topological polar surface area (TPSA) is 67.9 Å². The Morgan fingerprint density at radius 3 is 2.30 bits per heavy atom. The third kappa shape index (κ3) is 4.58. The standard InChI is InChI=1S/C24H30N2O4/c1-15(2)22(25-23(27)18-11-19(29-4)13-20(12-18)30-5)24(28)26-14-16(3)10-17-8-6-7-9-21(17)26/h6-9,11-13,15-16,22H,10,14H2,1-5H3,(H,25,27). The third-order valence-electron chi connectivity index (χ3n) is 5.44. The second-order valence-electron chi connectivity index (χ2n) is 8.18. The van der Waals surface area contributed by atoms with E-state index in [9.17, 15) is 9.59 Å². The van der Waals surface area contributed by atoms with E-state index in [1.165, 1.54) is 14.2 Å². The summed E-state index contributed by atoms with van der Waals surface area (Å²) in [6.07, 6.45) is 0.947. The maximum absolute atomic E-state index is 13.5. The van der Waals surface area contributed by atoms with Crippen molar-refractivity contribution in [2.45, 2.75) is 33.2 Å². The molecule has 0 fully saturated rings. The Kier molecular flexibility index (Phi) is 6.65. The molecule has 1 aliphatic rings. The average molecular weight is 411 g/mol. The minimum Gasteiger partial charge on any atom is -0.497 e. The number of anilines is 1. The van der Waals surface area contributed by atoms with Gasteiger partial charge in [0, 0.05) is 23.9 Å². The summed E-state index contributed by atoms with van der Waals surface area (Å²) in [5.74, 6) is 0.898. The molecule has 6 heteroatoms. The summed E-state index contributed by atoms with van der Waals surface area (Å²) in [5.41, 5.74) is 2.48. The molecule has 0 saturated carbocycles. The molecule has 3 rings (SSSR count). The summed E-state index contributed by atoms with van der Waals surface area (Å²) in [7, 11) is 3.07. The molecular weight excluding hydrogens is 380 g/mol. The van der Waals surface area contributed by atoms with Gasteiger partial charge in [-0.2, -0.15) is 0 Å². The zero-order chi connectivity index (χ0) is 21.8. The first kappa shape index (κ1) is 21.7. The predicted octanol–water partition coefficient (Wildman–Crippen LogP) is 3.68. The van der Waals surface area contributed by atoms with Crippen LogP contribution < -0.4 is 19.7 Å². The first-order chi connectivity index (χ1) is 14.3. The minimum atomic E-state index is -0.645. The van der Waals surface area contributed by atoms with Crippen LogP contribution in [-0.2, 0) is 11.2 Å². The van der Waals surface area contributed by atoms with Crippen LogP contribution in [0, 0.1) is 11.8 Å². The van der Waals surface area contributed by atoms with Crippen molar-refractivity contribution >= 4 is 17.5 Å². The lowest BCUT2D eigenvalue weighted by molar-refractivity contribution is -0.121. The van der Waals surface area contributed by atoms with E-state index in [1.807, 2.05) is 36.9 Å². The van der Waals surface area contributed by atoms with Gasteiger partial charge in [0.05, 0.1) is 14.2 Å². The summed E-state index contributed by atoms with van der Waals surface area (Å²) in [4.78, 5) is 28.3. The van der Waals surface area contributed by atoms with Gasteiger partial charge in [0.25, 0.3) is 5.91 Å². The van der Waals surface area contributed by atoms with E-state index < -0.39 is 6.04 Å². The maximum Gasteiger partial charge on any atom is 0.252 e. The summed E-state index contributed by atoms with van der Waals surface area (Å²) < 4.78 is 10.5. The van der Waals surface area contributed by atoms with Crippen LogP contribution in [0.1, 0.15) is 36.7 Å². The first-order valence-corrected chi connectivity index (χ1v) is 10.3. The molecule has 0 spiro atoms. The molecule has 0 aromatic heterocycles. The third-order valence-corrected chi connectivity index (χ3v) is 5.44. The molecule has 2 unspecified atom stereocenters. The van der Waals surface area contributed by atoms with Crippen molar-refractivity contribution in [3.8, 4) is 11.5 Å². The van der Waals surface area contributed by atoms with E-state index >= 15 is 0 Å². The summed E-state index contributed by atoms with van der Waals surface area (Å²) in [6.45, 7) is 6.66. The zero-order valence-electron chi connectivity index (χ0n) is 18.3. The Morgan fingerprint density at radius 1 is 1.07 bits per heavy atom. The van der Waals surface area contributed by atoms with Crippen LogP contribution in [0.15, 0.2) is 42.5 Å². The number of amides is 2. The molecule has 30 heavy (non-hydrogen) atoms. The molecule has 1 N–H and O–H groups in total. The molecule has 160 valence electrons. The van der Waals surface area contributed by atoms with Gasteiger partial charge in [0.2, 0.25) is 5.91 Å². The van der Waals surface area contributed by atoms with Gasteiger partial charge in [0.15, 0.2) is 0 Å². The molecule has 0 saturated heterocycles. The summed E-state index contributed by atoms with van der Waals surface area (Å²) in [5, 5.41) is 2.94. The molecule has 2 amide bonds. The van der Waals surface area contributed by atoms with Gasteiger partial charge in [-0.15, -0.1) is 0 Å². The number of nitrogens with one attached hydrogen (secondary N) is 1. The number of hydrogen-bond acceptors (Lipinski definition) is 4. The fourth-order valence-corrected chi connectivity index (χ4v) is 3.85. The van der Waals surface area contributed by atoms with Crippen molar-refractivity contribution < 1.29 is 19.1 Å². The molecule has 1 heterocycles. The molecule has 6 nitrogen and oxygen atoms in total. The number of nitrogens with zero attached hydrogens (tertiary/aromatic N) is 1. The number of rotatable bonds is 6. The highest BCUT2D eigenvalue weighted by Crippen LogP contribution is 2.30. The molecule has 0 bridgehead atoms. The van der Waals surface area contributed by atoms with E-state index in [2.05, 4.69) is 18.3 Å². The zero-order valence-corrected chi connectivity index (χ0v) is 18.3. The molecule has 0 radical (unpaired) electrons. The van der Waals surface area contributed by atoms with Gasteiger partial charge in [-0.25, -0.2) is 0 Å². The monoisotopic (exact) mass is 410 g/mol. The predicted molar refractivity (Wildman–Crippen MR) is 117 cm³/mol. The lowest BCUT2D eigenvalue weighted by Gasteiger charge is -2.36. The Morgan fingerprint density at radius 2 is 1.70 bits per heavy atom. The second-order valence-corrected chi connectivity index (χ2v) is 8.18. The highest BCUT2D eigenvalue weighted by Gasteiger charge is 2.33. The van der Waals surface area contributed by atoms with Gasteiger partial charge < -0.3 is 19.7 Å². The highest BCUT2D eigenvalue weighted by molar-refractivity contribution is 6.03. The normalized spacial score (nSPS) is 16.6. The minimum absolute atomic E-state index is 0.0710. The molecule has 1 aliphatic heterocycles. The number of para-hydroxylation sites is 1. The van der Waals surface area contributed by atoms with Crippen LogP contribution in [0.5, 0.6) is 11.5 Å². The Bertz CT molecular complexity index is 903. The van der Waals surface area contributed by atoms with Gasteiger partial charge in [-0.1, -0.05) is 39.0 Å². The Balaban J connectivity index is 1.86. The van der Waals surface area contributed by atoms with Crippen molar-refractivity contribution in [1.29, 1.82) is 0 Å². The molecule has 2 aromatic rings. The SMILES string of the molecule is COc1cc(OC)cc(C(=O)NC(C(=O)N2CC(C)Cc3ccccc32)C(C)C)c1. The number of fused-ring (bicyclic) bond motifs is 1. The van der Waals surface area contributed by atoms with Crippen molar-refractivity contribution in [3.05, 3.63) is 53.6 Å².